The number of hydrogen-bond donors (Lipinski definition) is 2. The van der Waals surface area contributed by atoms with E-state index < -0.39 is 10.0 Å². The predicted molar refractivity (Wildman–Crippen MR) is 87.8 cm³/mol. The Hall–Kier alpha value is -1.17. The van der Waals surface area contributed by atoms with Gasteiger partial charge in [-0.2, -0.15) is 5.26 Å². The molecule has 8 heteroatoms. The Morgan fingerprint density at radius 3 is 2.70 bits per heavy atom. The van der Waals surface area contributed by atoms with Gasteiger partial charge in [-0.15, -0.1) is 0 Å². The van der Waals surface area contributed by atoms with E-state index in [2.05, 4.69) is 10.0 Å². The van der Waals surface area contributed by atoms with Crippen LogP contribution in [0.1, 0.15) is 18.4 Å². The molecule has 0 unspecified atom stereocenters. The molecule has 0 amide bonds. The van der Waals surface area contributed by atoms with Gasteiger partial charge in [0.2, 0.25) is 10.0 Å². The number of nitrogens with one attached hydrogen (secondary N) is 2. The molecule has 1 heterocycles. The molecular formula is C15H20ClN3O3S. The first-order valence-electron chi connectivity index (χ1n) is 7.31. The van der Waals surface area contributed by atoms with E-state index in [1.54, 1.807) is 7.11 Å². The summed E-state index contributed by atoms with van der Waals surface area (Å²) in [6.45, 7) is 2.50. The summed E-state index contributed by atoms with van der Waals surface area (Å²) in [7, 11) is -2.06. The van der Waals surface area contributed by atoms with Crippen LogP contribution in [0, 0.1) is 16.7 Å². The fraction of sp³-hybridized carbons (Fsp3) is 0.533. The summed E-state index contributed by atoms with van der Waals surface area (Å²) in [6, 6.07) is 6.01. The van der Waals surface area contributed by atoms with Gasteiger partial charge >= 0.3 is 0 Å². The topological polar surface area (TPSA) is 91.2 Å². The molecule has 126 valence electrons. The summed E-state index contributed by atoms with van der Waals surface area (Å²) in [4.78, 5) is 0.0583. The Balaban J connectivity index is 2.14. The van der Waals surface area contributed by atoms with Gasteiger partial charge in [-0.25, -0.2) is 13.1 Å². The summed E-state index contributed by atoms with van der Waals surface area (Å²) in [5, 5.41) is 12.3. The van der Waals surface area contributed by atoms with Crippen LogP contribution in [0.5, 0.6) is 0 Å². The number of nitriles is 1. The molecule has 1 aliphatic rings. The normalized spacial score (nSPS) is 17.6. The van der Waals surface area contributed by atoms with Gasteiger partial charge in [-0.3, -0.25) is 0 Å². The summed E-state index contributed by atoms with van der Waals surface area (Å²) in [5.41, 5.74) is 0.0449. The van der Waals surface area contributed by atoms with Crippen LogP contribution in [-0.2, 0) is 14.8 Å². The number of halogens is 1. The van der Waals surface area contributed by atoms with Crippen molar-refractivity contribution in [2.24, 2.45) is 5.41 Å². The zero-order valence-corrected chi connectivity index (χ0v) is 14.5. The molecule has 0 spiro atoms. The quantitative estimate of drug-likeness (QED) is 0.805. The Morgan fingerprint density at radius 1 is 1.43 bits per heavy atom. The lowest BCUT2D eigenvalue weighted by Crippen LogP contribution is -2.47. The molecule has 1 aliphatic heterocycles. The molecule has 1 aromatic carbocycles. The Bertz CT molecular complexity index is 689. The third-order valence-corrected chi connectivity index (χ3v) is 5.83. The van der Waals surface area contributed by atoms with Gasteiger partial charge in [0.1, 0.15) is 6.07 Å². The maximum atomic E-state index is 12.5. The molecule has 1 saturated heterocycles. The standard InChI is InChI=1S/C15H20ClN3O3S/c1-22-11-15(4-6-18-7-5-15)10-19-23(20,21)13-3-2-12(9-17)14(16)8-13/h2-3,8,18-19H,4-7,10-11H2,1H3. The van der Waals surface area contributed by atoms with Crippen molar-refractivity contribution in [2.75, 3.05) is 33.4 Å². The molecule has 0 aromatic heterocycles. The van der Waals surface area contributed by atoms with Gasteiger partial charge in [0, 0.05) is 19.1 Å². The predicted octanol–water partition coefficient (Wildman–Crippen LogP) is 1.51. The van der Waals surface area contributed by atoms with Crippen molar-refractivity contribution in [3.05, 3.63) is 28.8 Å². The molecule has 0 atom stereocenters. The van der Waals surface area contributed by atoms with E-state index in [-0.39, 0.29) is 20.9 Å². The molecular weight excluding hydrogens is 338 g/mol. The van der Waals surface area contributed by atoms with Crippen molar-refractivity contribution >= 4 is 21.6 Å². The number of piperidine rings is 1. The molecule has 23 heavy (non-hydrogen) atoms. The largest absolute Gasteiger partial charge is 0.384 e. The minimum atomic E-state index is -3.68. The van der Waals surface area contributed by atoms with Crippen molar-refractivity contribution < 1.29 is 13.2 Å². The van der Waals surface area contributed by atoms with Crippen LogP contribution in [0.25, 0.3) is 0 Å². The second-order valence-electron chi connectivity index (χ2n) is 5.76. The zero-order chi connectivity index (χ0) is 16.9. The minimum Gasteiger partial charge on any atom is -0.384 e. The molecule has 0 aliphatic carbocycles. The highest BCUT2D eigenvalue weighted by Crippen LogP contribution is 2.29. The number of benzene rings is 1. The highest BCUT2D eigenvalue weighted by Gasteiger charge is 2.33. The number of sulfonamides is 1. The summed E-state index contributed by atoms with van der Waals surface area (Å²) < 4.78 is 32.9. The fourth-order valence-corrected chi connectivity index (χ4v) is 4.19. The number of nitrogens with zero attached hydrogens (tertiary/aromatic N) is 1. The van der Waals surface area contributed by atoms with Crippen LogP contribution >= 0.6 is 11.6 Å². The maximum absolute atomic E-state index is 12.5. The Kier molecular flexibility index (Phi) is 6.00. The van der Waals surface area contributed by atoms with E-state index in [9.17, 15) is 8.42 Å². The van der Waals surface area contributed by atoms with Crippen molar-refractivity contribution in [3.8, 4) is 6.07 Å². The second-order valence-corrected chi connectivity index (χ2v) is 7.94. The molecule has 0 saturated carbocycles. The van der Waals surface area contributed by atoms with E-state index in [4.69, 9.17) is 21.6 Å². The molecule has 2 rings (SSSR count). The maximum Gasteiger partial charge on any atom is 0.240 e. The Morgan fingerprint density at radius 2 is 2.13 bits per heavy atom. The van der Waals surface area contributed by atoms with Crippen LogP contribution in [0.4, 0.5) is 0 Å². The average molecular weight is 358 g/mol. The Labute approximate surface area is 141 Å². The third-order valence-electron chi connectivity index (χ3n) is 4.12. The summed E-state index contributed by atoms with van der Waals surface area (Å²) >= 11 is 5.92. The molecule has 2 N–H and O–H groups in total. The number of hydrogen-bond acceptors (Lipinski definition) is 5. The van der Waals surface area contributed by atoms with E-state index >= 15 is 0 Å². The van der Waals surface area contributed by atoms with Gasteiger partial charge < -0.3 is 10.1 Å². The van der Waals surface area contributed by atoms with Gasteiger partial charge in [0.05, 0.1) is 22.1 Å². The van der Waals surface area contributed by atoms with Crippen molar-refractivity contribution in [2.45, 2.75) is 17.7 Å². The van der Waals surface area contributed by atoms with Crippen molar-refractivity contribution in [3.63, 3.8) is 0 Å². The molecule has 6 nitrogen and oxygen atoms in total. The number of ether oxygens (including phenoxy) is 1. The van der Waals surface area contributed by atoms with E-state index in [1.807, 2.05) is 6.07 Å². The van der Waals surface area contributed by atoms with E-state index in [0.29, 0.717) is 13.2 Å². The summed E-state index contributed by atoms with van der Waals surface area (Å²) in [6.07, 6.45) is 1.69. The van der Waals surface area contributed by atoms with Crippen LogP contribution in [-0.4, -0.2) is 41.8 Å². The van der Waals surface area contributed by atoms with Gasteiger partial charge in [-0.05, 0) is 44.1 Å². The third kappa shape index (κ3) is 4.43. The molecule has 1 fully saturated rings. The molecule has 0 radical (unpaired) electrons. The monoisotopic (exact) mass is 357 g/mol. The first-order valence-corrected chi connectivity index (χ1v) is 9.18. The van der Waals surface area contributed by atoms with Crippen LogP contribution in [0.3, 0.4) is 0 Å². The van der Waals surface area contributed by atoms with Crippen LogP contribution in [0.15, 0.2) is 23.1 Å². The summed E-state index contributed by atoms with van der Waals surface area (Å²) in [5.74, 6) is 0. The van der Waals surface area contributed by atoms with Crippen molar-refractivity contribution in [1.82, 2.24) is 10.0 Å². The highest BCUT2D eigenvalue weighted by atomic mass is 35.5. The lowest BCUT2D eigenvalue weighted by molar-refractivity contribution is 0.0577. The second kappa shape index (κ2) is 7.60. The zero-order valence-electron chi connectivity index (χ0n) is 12.9. The van der Waals surface area contributed by atoms with Gasteiger partial charge in [0.15, 0.2) is 0 Å². The van der Waals surface area contributed by atoms with Gasteiger partial charge in [0.25, 0.3) is 0 Å². The average Bonchev–Trinajstić information content (AvgIpc) is 2.54. The van der Waals surface area contributed by atoms with Crippen molar-refractivity contribution in [1.29, 1.82) is 5.26 Å². The van der Waals surface area contributed by atoms with E-state index in [1.165, 1.54) is 18.2 Å². The lowest BCUT2D eigenvalue weighted by Gasteiger charge is -2.37. The minimum absolute atomic E-state index is 0.0583. The molecule has 0 bridgehead atoms. The lowest BCUT2D eigenvalue weighted by atomic mass is 9.80. The number of methoxy groups -OCH3 is 1. The number of rotatable bonds is 6. The van der Waals surface area contributed by atoms with Gasteiger partial charge in [-0.1, -0.05) is 11.6 Å². The first kappa shape index (κ1) is 18.2. The smallest absolute Gasteiger partial charge is 0.240 e. The fourth-order valence-electron chi connectivity index (χ4n) is 2.72. The SMILES string of the molecule is COCC1(CNS(=O)(=O)c2ccc(C#N)c(Cl)c2)CCNCC1. The highest BCUT2D eigenvalue weighted by molar-refractivity contribution is 7.89. The van der Waals surface area contributed by atoms with E-state index in [0.717, 1.165) is 25.9 Å². The van der Waals surface area contributed by atoms with Crippen LogP contribution in [0.2, 0.25) is 5.02 Å². The molecule has 1 aromatic rings. The van der Waals surface area contributed by atoms with Crippen LogP contribution < -0.4 is 10.0 Å². The first-order chi connectivity index (χ1) is 10.9.